The normalized spacial score (nSPS) is 18.0. The smallest absolute Gasteiger partial charge is 0.231 e. The van der Waals surface area contributed by atoms with Crippen molar-refractivity contribution in [2.45, 2.75) is 25.9 Å². The highest BCUT2D eigenvalue weighted by Crippen LogP contribution is 2.45. The summed E-state index contributed by atoms with van der Waals surface area (Å²) in [6.45, 7) is 4.36. The first-order valence-corrected chi connectivity index (χ1v) is 15.2. The lowest BCUT2D eigenvalue weighted by atomic mass is 9.96. The number of anilines is 2. The number of methoxy groups -OCH3 is 1. The molecule has 10 nitrogen and oxygen atoms in total. The number of nitrogens with one attached hydrogen (secondary N) is 2. The molecular weight excluding hydrogens is 562 g/mol. The molecule has 0 aliphatic carbocycles. The molecule has 4 aromatic rings. The Kier molecular flexibility index (Phi) is 6.74. The first-order valence-electron chi connectivity index (χ1n) is 12.9. The summed E-state index contributed by atoms with van der Waals surface area (Å²) in [5.41, 5.74) is 6.02. The van der Waals surface area contributed by atoms with Crippen molar-refractivity contribution >= 4 is 38.7 Å². The van der Waals surface area contributed by atoms with Gasteiger partial charge in [0.15, 0.2) is 16.6 Å². The highest BCUT2D eigenvalue weighted by molar-refractivity contribution is 7.92. The summed E-state index contributed by atoms with van der Waals surface area (Å²) >= 11 is 5.90. The van der Waals surface area contributed by atoms with E-state index in [1.807, 2.05) is 47.4 Å². The Morgan fingerprint density at radius 3 is 2.56 bits per heavy atom. The molecule has 1 fully saturated rings. The monoisotopic (exact) mass is 591 g/mol. The minimum Gasteiger partial charge on any atom is -0.494 e. The van der Waals surface area contributed by atoms with Gasteiger partial charge in [0.1, 0.15) is 5.75 Å². The number of pyridine rings is 1. The van der Waals surface area contributed by atoms with Crippen molar-refractivity contribution in [1.82, 2.24) is 14.9 Å². The van der Waals surface area contributed by atoms with E-state index in [9.17, 15) is 8.42 Å². The number of rotatable bonds is 7. The molecule has 41 heavy (non-hydrogen) atoms. The van der Waals surface area contributed by atoms with E-state index in [1.165, 1.54) is 7.11 Å². The third-order valence-corrected chi connectivity index (χ3v) is 8.17. The number of hydrogen-bond donors (Lipinski definition) is 2. The molecule has 212 valence electrons. The third kappa shape index (κ3) is 4.93. The Morgan fingerprint density at radius 1 is 1.05 bits per heavy atom. The zero-order valence-electron chi connectivity index (χ0n) is 22.9. The van der Waals surface area contributed by atoms with E-state index in [4.69, 9.17) is 26.4 Å². The van der Waals surface area contributed by atoms with Gasteiger partial charge in [0.2, 0.25) is 16.8 Å². The number of thiocarbonyl (C=S) groups is 1. The van der Waals surface area contributed by atoms with Gasteiger partial charge in [-0.1, -0.05) is 6.07 Å². The summed E-state index contributed by atoms with van der Waals surface area (Å²) in [4.78, 5) is 6.69. The zero-order chi connectivity index (χ0) is 28.9. The zero-order valence-corrected chi connectivity index (χ0v) is 24.5. The Bertz CT molecular complexity index is 1760. The predicted octanol–water partition coefficient (Wildman–Crippen LogP) is 4.78. The van der Waals surface area contributed by atoms with Crippen LogP contribution in [-0.4, -0.2) is 43.2 Å². The van der Waals surface area contributed by atoms with Crippen molar-refractivity contribution in [2.24, 2.45) is 0 Å². The molecule has 0 spiro atoms. The van der Waals surface area contributed by atoms with Crippen molar-refractivity contribution in [1.29, 1.82) is 0 Å². The van der Waals surface area contributed by atoms with Gasteiger partial charge >= 0.3 is 0 Å². The van der Waals surface area contributed by atoms with Crippen LogP contribution in [-0.2, 0) is 10.0 Å². The Labute approximate surface area is 243 Å². The van der Waals surface area contributed by atoms with E-state index in [2.05, 4.69) is 39.5 Å². The van der Waals surface area contributed by atoms with Crippen LogP contribution in [0.3, 0.4) is 0 Å². The second-order valence-corrected chi connectivity index (χ2v) is 12.1. The van der Waals surface area contributed by atoms with E-state index in [1.54, 1.807) is 18.3 Å². The summed E-state index contributed by atoms with van der Waals surface area (Å²) in [5.74, 6) is 1.82. The molecular formula is C29H29N5O5S2. The van der Waals surface area contributed by atoms with E-state index < -0.39 is 10.0 Å². The molecule has 0 saturated carbocycles. The minimum atomic E-state index is -3.50. The molecule has 2 N–H and O–H groups in total. The maximum absolute atomic E-state index is 11.9. The number of sulfonamides is 1. The Hall–Kier alpha value is -4.29. The molecule has 2 aromatic heterocycles. The molecule has 2 aromatic carbocycles. The van der Waals surface area contributed by atoms with Crippen LogP contribution in [0.4, 0.5) is 11.4 Å². The molecule has 0 amide bonds. The maximum atomic E-state index is 11.9. The van der Waals surface area contributed by atoms with E-state index in [-0.39, 0.29) is 18.9 Å². The van der Waals surface area contributed by atoms with Crippen LogP contribution >= 0.6 is 12.2 Å². The minimum absolute atomic E-state index is 0.210. The van der Waals surface area contributed by atoms with Crippen molar-refractivity contribution in [3.63, 3.8) is 0 Å². The lowest BCUT2D eigenvalue weighted by Gasteiger charge is -2.29. The second kappa shape index (κ2) is 10.3. The number of benzene rings is 2. The topological polar surface area (TPSA) is 107 Å². The van der Waals surface area contributed by atoms with Crippen LogP contribution in [0.1, 0.15) is 34.7 Å². The summed E-state index contributed by atoms with van der Waals surface area (Å²) in [6.07, 6.45) is 2.87. The first kappa shape index (κ1) is 26.9. The van der Waals surface area contributed by atoms with Gasteiger partial charge in [-0.05, 0) is 74.1 Å². The number of aryl methyl sites for hydroxylation is 1. The van der Waals surface area contributed by atoms with Gasteiger partial charge in [0, 0.05) is 41.1 Å². The van der Waals surface area contributed by atoms with Crippen LogP contribution in [0.25, 0.3) is 5.69 Å². The van der Waals surface area contributed by atoms with Crippen molar-refractivity contribution in [3.8, 4) is 22.9 Å². The molecule has 6 rings (SSSR count). The van der Waals surface area contributed by atoms with Crippen LogP contribution in [0.5, 0.6) is 17.2 Å². The quantitative estimate of drug-likeness (QED) is 0.294. The standard InChI is InChI=1S/C29H29N5O5S2/c1-17-13-21(18(2)33(17)19-9-11-24-26(15-19)39-16-38-24)28-27(23-7-5-6-12-30-23)31-29(40)34(28)20-8-10-22(25(14-20)37-3)32-41(4,35)36/h5-15,27-28,32H,16H2,1-4H3,(H,31,40). The lowest BCUT2D eigenvalue weighted by Crippen LogP contribution is -2.29. The van der Waals surface area contributed by atoms with Crippen molar-refractivity contribution in [2.75, 3.05) is 29.8 Å². The number of hydrogen-bond acceptors (Lipinski definition) is 7. The number of fused-ring (bicyclic) bond motifs is 1. The van der Waals surface area contributed by atoms with Gasteiger partial charge in [0.05, 0.1) is 36.8 Å². The fourth-order valence-electron chi connectivity index (χ4n) is 5.57. The molecule has 2 unspecified atom stereocenters. The summed E-state index contributed by atoms with van der Waals surface area (Å²) < 4.78 is 45.2. The van der Waals surface area contributed by atoms with Gasteiger partial charge in [-0.25, -0.2) is 8.42 Å². The van der Waals surface area contributed by atoms with Crippen molar-refractivity contribution in [3.05, 3.63) is 89.5 Å². The SMILES string of the molecule is COc1cc(N2C(=S)NC(c3ccccn3)C2c2cc(C)n(-c3ccc4c(c3)OCO4)c2C)ccc1NS(C)(=O)=O. The fourth-order valence-corrected chi connectivity index (χ4v) is 6.49. The molecule has 2 aliphatic heterocycles. The summed E-state index contributed by atoms with van der Waals surface area (Å²) in [7, 11) is -2.00. The molecule has 2 atom stereocenters. The molecule has 0 radical (unpaired) electrons. The third-order valence-electron chi connectivity index (χ3n) is 7.26. The fraction of sp³-hybridized carbons (Fsp3) is 0.241. The van der Waals surface area contributed by atoms with Crippen LogP contribution in [0.15, 0.2) is 66.9 Å². The van der Waals surface area contributed by atoms with Gasteiger partial charge in [-0.15, -0.1) is 0 Å². The lowest BCUT2D eigenvalue weighted by molar-refractivity contribution is 0.174. The highest BCUT2D eigenvalue weighted by Gasteiger charge is 2.42. The largest absolute Gasteiger partial charge is 0.494 e. The van der Waals surface area contributed by atoms with Gasteiger partial charge in [-0.2, -0.15) is 0 Å². The number of ether oxygens (including phenoxy) is 3. The number of nitrogens with zero attached hydrogens (tertiary/aromatic N) is 3. The Morgan fingerprint density at radius 2 is 1.83 bits per heavy atom. The number of aromatic nitrogens is 2. The van der Waals surface area contributed by atoms with Gasteiger partial charge in [0.25, 0.3) is 0 Å². The predicted molar refractivity (Wildman–Crippen MR) is 161 cm³/mol. The van der Waals surface area contributed by atoms with E-state index in [0.717, 1.165) is 46.0 Å². The summed E-state index contributed by atoms with van der Waals surface area (Å²) in [6, 6.07) is 18.7. The average molecular weight is 592 g/mol. The second-order valence-electron chi connectivity index (χ2n) is 9.95. The molecule has 12 heteroatoms. The molecule has 4 heterocycles. The molecule has 1 saturated heterocycles. The maximum Gasteiger partial charge on any atom is 0.231 e. The van der Waals surface area contributed by atoms with E-state index >= 15 is 0 Å². The average Bonchev–Trinajstić information content (AvgIpc) is 3.63. The first-order chi connectivity index (χ1) is 19.6. The van der Waals surface area contributed by atoms with Gasteiger partial charge < -0.3 is 29.0 Å². The van der Waals surface area contributed by atoms with E-state index in [0.29, 0.717) is 22.3 Å². The molecule has 2 aliphatic rings. The van der Waals surface area contributed by atoms with Crippen LogP contribution < -0.4 is 29.1 Å². The van der Waals surface area contributed by atoms with Crippen LogP contribution in [0.2, 0.25) is 0 Å². The Balaban J connectivity index is 1.48. The molecule has 0 bridgehead atoms. The highest BCUT2D eigenvalue weighted by atomic mass is 32.2. The van der Waals surface area contributed by atoms with Crippen LogP contribution in [0, 0.1) is 13.8 Å². The van der Waals surface area contributed by atoms with Crippen molar-refractivity contribution < 1.29 is 22.6 Å². The van der Waals surface area contributed by atoms with Gasteiger partial charge in [-0.3, -0.25) is 9.71 Å². The summed E-state index contributed by atoms with van der Waals surface area (Å²) in [5, 5.41) is 4.00.